The Kier molecular flexibility index (Phi) is 3.10. The van der Waals surface area contributed by atoms with E-state index in [1.165, 1.54) is 0 Å². The quantitative estimate of drug-likeness (QED) is 0.841. The number of nitrogens with zero attached hydrogens (tertiary/aromatic N) is 2. The van der Waals surface area contributed by atoms with Crippen molar-refractivity contribution in [2.75, 3.05) is 7.11 Å². The monoisotopic (exact) mass is 247 g/mol. The van der Waals surface area contributed by atoms with Gasteiger partial charge in [-0.15, -0.1) is 0 Å². The van der Waals surface area contributed by atoms with Crippen molar-refractivity contribution in [1.82, 2.24) is 9.55 Å². The van der Waals surface area contributed by atoms with Crippen LogP contribution >= 0.6 is 12.2 Å². The third kappa shape index (κ3) is 2.14. The fourth-order valence-corrected chi connectivity index (χ4v) is 1.85. The van der Waals surface area contributed by atoms with Gasteiger partial charge in [-0.25, -0.2) is 4.98 Å². The number of imidazole rings is 1. The summed E-state index contributed by atoms with van der Waals surface area (Å²) >= 11 is 5.05. The van der Waals surface area contributed by atoms with Crippen molar-refractivity contribution in [3.63, 3.8) is 0 Å². The number of methoxy groups -OCH3 is 1. The summed E-state index contributed by atoms with van der Waals surface area (Å²) in [4.78, 5) is 4.54. The van der Waals surface area contributed by atoms with Gasteiger partial charge in [0.1, 0.15) is 16.6 Å². The van der Waals surface area contributed by atoms with Crippen molar-refractivity contribution in [3.05, 3.63) is 42.0 Å². The zero-order valence-corrected chi connectivity index (χ0v) is 10.5. The van der Waals surface area contributed by atoms with Crippen molar-refractivity contribution in [2.45, 2.75) is 6.92 Å². The first-order chi connectivity index (χ1) is 8.13. The van der Waals surface area contributed by atoms with E-state index >= 15 is 0 Å². The average molecular weight is 247 g/mol. The van der Waals surface area contributed by atoms with E-state index in [1.807, 2.05) is 35.9 Å². The minimum Gasteiger partial charge on any atom is -0.497 e. The lowest BCUT2D eigenvalue weighted by molar-refractivity contribution is 0.414. The van der Waals surface area contributed by atoms with Gasteiger partial charge in [-0.1, -0.05) is 12.2 Å². The number of rotatable bonds is 3. The molecule has 0 radical (unpaired) electrons. The molecule has 17 heavy (non-hydrogen) atoms. The van der Waals surface area contributed by atoms with Crippen LogP contribution in [0.3, 0.4) is 0 Å². The Labute approximate surface area is 105 Å². The minimum atomic E-state index is 0.357. The molecule has 1 aromatic heterocycles. The molecule has 0 amide bonds. The molecule has 1 heterocycles. The molecule has 0 aliphatic heterocycles. The predicted octanol–water partition coefficient (Wildman–Crippen LogP) is 1.82. The van der Waals surface area contributed by atoms with Gasteiger partial charge in [0.05, 0.1) is 12.8 Å². The first kappa shape index (κ1) is 11.6. The van der Waals surface area contributed by atoms with Crippen LogP contribution < -0.4 is 10.5 Å². The number of aryl methyl sites for hydroxylation is 1. The molecule has 0 fully saturated rings. The standard InChI is InChI=1S/C12H13N3OS/c1-8-14-5-6-15(8)11-7-9(16-2)3-4-10(11)12(13)17/h3-7H,1-2H3,(H2,13,17). The van der Waals surface area contributed by atoms with E-state index in [1.54, 1.807) is 13.3 Å². The molecule has 0 unspecified atom stereocenters. The SMILES string of the molecule is COc1ccc(C(N)=S)c(-n2ccnc2C)c1. The second-order valence-electron chi connectivity index (χ2n) is 3.59. The summed E-state index contributed by atoms with van der Waals surface area (Å²) < 4.78 is 7.14. The number of thiocarbonyl (C=S) groups is 1. The van der Waals surface area contributed by atoms with E-state index in [9.17, 15) is 0 Å². The van der Waals surface area contributed by atoms with Gasteiger partial charge in [0, 0.05) is 24.0 Å². The van der Waals surface area contributed by atoms with Crippen LogP contribution in [0.5, 0.6) is 5.75 Å². The lowest BCUT2D eigenvalue weighted by Crippen LogP contribution is -2.13. The number of ether oxygens (including phenoxy) is 1. The summed E-state index contributed by atoms with van der Waals surface area (Å²) in [7, 11) is 1.63. The van der Waals surface area contributed by atoms with Crippen LogP contribution in [0.2, 0.25) is 0 Å². The highest BCUT2D eigenvalue weighted by Crippen LogP contribution is 2.22. The van der Waals surface area contributed by atoms with Crippen molar-refractivity contribution in [3.8, 4) is 11.4 Å². The van der Waals surface area contributed by atoms with Crippen LogP contribution in [0.1, 0.15) is 11.4 Å². The highest BCUT2D eigenvalue weighted by Gasteiger charge is 2.10. The number of aromatic nitrogens is 2. The largest absolute Gasteiger partial charge is 0.497 e. The van der Waals surface area contributed by atoms with Gasteiger partial charge in [-0.3, -0.25) is 0 Å². The Morgan fingerprint density at radius 1 is 1.47 bits per heavy atom. The first-order valence-electron chi connectivity index (χ1n) is 5.11. The zero-order chi connectivity index (χ0) is 12.4. The van der Waals surface area contributed by atoms with Crippen molar-refractivity contribution < 1.29 is 4.74 Å². The maximum Gasteiger partial charge on any atom is 0.120 e. The molecular weight excluding hydrogens is 234 g/mol. The zero-order valence-electron chi connectivity index (χ0n) is 9.68. The lowest BCUT2D eigenvalue weighted by Gasteiger charge is -2.12. The minimum absolute atomic E-state index is 0.357. The van der Waals surface area contributed by atoms with E-state index < -0.39 is 0 Å². The summed E-state index contributed by atoms with van der Waals surface area (Å²) in [6.45, 7) is 1.92. The molecule has 0 spiro atoms. The van der Waals surface area contributed by atoms with Crippen molar-refractivity contribution in [2.24, 2.45) is 5.73 Å². The number of benzene rings is 1. The molecular formula is C12H13N3OS. The van der Waals surface area contributed by atoms with Crippen LogP contribution in [0.15, 0.2) is 30.6 Å². The molecule has 0 atom stereocenters. The van der Waals surface area contributed by atoms with Gasteiger partial charge < -0.3 is 15.0 Å². The molecule has 1 aromatic carbocycles. The first-order valence-corrected chi connectivity index (χ1v) is 5.52. The Bertz CT molecular complexity index is 563. The van der Waals surface area contributed by atoms with Gasteiger partial charge in [0.2, 0.25) is 0 Å². The topological polar surface area (TPSA) is 53.1 Å². The number of hydrogen-bond donors (Lipinski definition) is 1. The molecule has 0 saturated heterocycles. The maximum atomic E-state index is 5.72. The smallest absolute Gasteiger partial charge is 0.120 e. The Morgan fingerprint density at radius 2 is 2.24 bits per heavy atom. The van der Waals surface area contributed by atoms with Crippen LogP contribution in [0.25, 0.3) is 5.69 Å². The number of hydrogen-bond acceptors (Lipinski definition) is 3. The summed E-state index contributed by atoms with van der Waals surface area (Å²) in [6, 6.07) is 5.59. The molecule has 0 bridgehead atoms. The van der Waals surface area contributed by atoms with Gasteiger partial charge in [0.25, 0.3) is 0 Å². The van der Waals surface area contributed by atoms with Crippen LogP contribution in [0, 0.1) is 6.92 Å². The van der Waals surface area contributed by atoms with E-state index in [2.05, 4.69) is 4.98 Å². The fraction of sp³-hybridized carbons (Fsp3) is 0.167. The third-order valence-corrected chi connectivity index (χ3v) is 2.78. The lowest BCUT2D eigenvalue weighted by atomic mass is 10.1. The predicted molar refractivity (Wildman–Crippen MR) is 70.7 cm³/mol. The molecule has 0 aliphatic rings. The Balaban J connectivity index is 2.65. The molecule has 4 nitrogen and oxygen atoms in total. The van der Waals surface area contributed by atoms with Gasteiger partial charge in [0.15, 0.2) is 0 Å². The van der Waals surface area contributed by atoms with Gasteiger partial charge in [-0.05, 0) is 19.1 Å². The van der Waals surface area contributed by atoms with Gasteiger partial charge >= 0.3 is 0 Å². The Morgan fingerprint density at radius 3 is 2.76 bits per heavy atom. The average Bonchev–Trinajstić information content (AvgIpc) is 2.74. The summed E-state index contributed by atoms with van der Waals surface area (Å²) in [6.07, 6.45) is 3.60. The molecule has 2 rings (SSSR count). The van der Waals surface area contributed by atoms with Crippen LogP contribution in [-0.2, 0) is 0 Å². The Hall–Kier alpha value is -1.88. The number of nitrogens with two attached hydrogens (primary N) is 1. The highest BCUT2D eigenvalue weighted by atomic mass is 32.1. The van der Waals surface area contributed by atoms with Crippen molar-refractivity contribution >= 4 is 17.2 Å². The van der Waals surface area contributed by atoms with E-state index in [-0.39, 0.29) is 0 Å². The van der Waals surface area contributed by atoms with Crippen LogP contribution in [0.4, 0.5) is 0 Å². The molecule has 2 N–H and O–H groups in total. The summed E-state index contributed by atoms with van der Waals surface area (Å²) in [5, 5.41) is 0. The molecule has 2 aromatic rings. The van der Waals surface area contributed by atoms with Crippen molar-refractivity contribution in [1.29, 1.82) is 0 Å². The van der Waals surface area contributed by atoms with Gasteiger partial charge in [-0.2, -0.15) is 0 Å². The fourth-order valence-electron chi connectivity index (χ4n) is 1.68. The molecule has 5 heteroatoms. The third-order valence-electron chi connectivity index (χ3n) is 2.56. The normalized spacial score (nSPS) is 10.2. The molecule has 88 valence electrons. The highest BCUT2D eigenvalue weighted by molar-refractivity contribution is 7.80. The summed E-state index contributed by atoms with van der Waals surface area (Å²) in [5.41, 5.74) is 7.41. The second-order valence-corrected chi connectivity index (χ2v) is 4.03. The van der Waals surface area contributed by atoms with E-state index in [4.69, 9.17) is 22.7 Å². The van der Waals surface area contributed by atoms with Crippen LogP contribution in [-0.4, -0.2) is 21.6 Å². The molecule has 0 aliphatic carbocycles. The van der Waals surface area contributed by atoms with E-state index in [0.717, 1.165) is 22.8 Å². The second kappa shape index (κ2) is 4.55. The molecule has 0 saturated carbocycles. The summed E-state index contributed by atoms with van der Waals surface area (Å²) in [5.74, 6) is 1.63. The maximum absolute atomic E-state index is 5.72. The van der Waals surface area contributed by atoms with E-state index in [0.29, 0.717) is 4.99 Å².